The average Bonchev–Trinajstić information content (AvgIpc) is 2.88. The van der Waals surface area contributed by atoms with Crippen LogP contribution < -0.4 is 5.32 Å². The lowest BCUT2D eigenvalue weighted by Crippen LogP contribution is -2.40. The summed E-state index contributed by atoms with van der Waals surface area (Å²) in [4.78, 5) is 15.6. The van der Waals surface area contributed by atoms with E-state index in [1.165, 1.54) is 12.8 Å². The van der Waals surface area contributed by atoms with Crippen LogP contribution in [0, 0.1) is 0 Å². The van der Waals surface area contributed by atoms with E-state index in [0.29, 0.717) is 12.5 Å². The Kier molecular flexibility index (Phi) is 8.02. The van der Waals surface area contributed by atoms with Crippen LogP contribution in [0.5, 0.6) is 0 Å². The highest BCUT2D eigenvalue weighted by Crippen LogP contribution is 2.08. The average molecular weight is 271 g/mol. The first-order chi connectivity index (χ1) is 9.13. The van der Waals surface area contributed by atoms with Gasteiger partial charge in [-0.25, -0.2) is 0 Å². The molecule has 0 aromatic rings. The van der Waals surface area contributed by atoms with Crippen LogP contribution in [0.4, 0.5) is 0 Å². The van der Waals surface area contributed by atoms with E-state index in [1.54, 1.807) is 12.0 Å². The molecular weight excluding hydrogens is 242 g/mol. The first kappa shape index (κ1) is 16.4. The minimum Gasteiger partial charge on any atom is -0.383 e. The van der Waals surface area contributed by atoms with E-state index in [-0.39, 0.29) is 5.91 Å². The number of carbonyl (C=O) groups excluding carboxylic acids is 1. The molecule has 0 aromatic carbocycles. The van der Waals surface area contributed by atoms with Crippen molar-refractivity contribution in [2.75, 3.05) is 54.0 Å². The second-order valence-corrected chi connectivity index (χ2v) is 5.48. The number of carbonyl (C=O) groups is 1. The molecule has 0 radical (unpaired) electrons. The number of ether oxygens (including phenoxy) is 1. The minimum absolute atomic E-state index is 0.214. The number of nitrogens with zero attached hydrogens (tertiary/aromatic N) is 2. The SMILES string of the molecule is COCCN(CCCC(=O)N(C)C)CC1CCCN1. The van der Waals surface area contributed by atoms with E-state index in [2.05, 4.69) is 10.2 Å². The summed E-state index contributed by atoms with van der Waals surface area (Å²) in [5.41, 5.74) is 0. The van der Waals surface area contributed by atoms with Crippen molar-refractivity contribution < 1.29 is 9.53 Å². The lowest BCUT2D eigenvalue weighted by Gasteiger charge is -2.25. The Morgan fingerprint density at radius 1 is 1.37 bits per heavy atom. The van der Waals surface area contributed by atoms with Gasteiger partial charge in [-0.2, -0.15) is 0 Å². The van der Waals surface area contributed by atoms with Gasteiger partial charge < -0.3 is 15.0 Å². The lowest BCUT2D eigenvalue weighted by molar-refractivity contribution is -0.128. The number of nitrogens with one attached hydrogen (secondary N) is 1. The zero-order chi connectivity index (χ0) is 14.1. The molecule has 1 amide bonds. The highest BCUT2D eigenvalue weighted by Gasteiger charge is 2.17. The third kappa shape index (κ3) is 6.89. The number of hydrogen-bond donors (Lipinski definition) is 1. The Morgan fingerprint density at radius 2 is 2.16 bits per heavy atom. The van der Waals surface area contributed by atoms with Crippen LogP contribution in [-0.2, 0) is 9.53 Å². The third-order valence-electron chi connectivity index (χ3n) is 3.62. The van der Waals surface area contributed by atoms with Crippen molar-refractivity contribution in [2.24, 2.45) is 0 Å². The van der Waals surface area contributed by atoms with Crippen molar-refractivity contribution in [1.82, 2.24) is 15.1 Å². The summed E-state index contributed by atoms with van der Waals surface area (Å²) in [6.45, 7) is 4.89. The van der Waals surface area contributed by atoms with Gasteiger partial charge in [0.15, 0.2) is 0 Å². The molecule has 1 heterocycles. The van der Waals surface area contributed by atoms with Crippen LogP contribution in [0.25, 0.3) is 0 Å². The largest absolute Gasteiger partial charge is 0.383 e. The van der Waals surface area contributed by atoms with Gasteiger partial charge in [-0.1, -0.05) is 0 Å². The van der Waals surface area contributed by atoms with Crippen molar-refractivity contribution in [3.05, 3.63) is 0 Å². The number of methoxy groups -OCH3 is 1. The molecule has 0 saturated carbocycles. The summed E-state index contributed by atoms with van der Waals surface area (Å²) in [5.74, 6) is 0.214. The zero-order valence-electron chi connectivity index (χ0n) is 12.7. The van der Waals surface area contributed by atoms with Crippen molar-refractivity contribution in [1.29, 1.82) is 0 Å². The van der Waals surface area contributed by atoms with Gasteiger partial charge in [0.2, 0.25) is 5.91 Å². The molecule has 0 aliphatic carbocycles. The van der Waals surface area contributed by atoms with Crippen LogP contribution in [0.2, 0.25) is 0 Å². The Morgan fingerprint density at radius 3 is 2.74 bits per heavy atom. The molecule has 0 spiro atoms. The van der Waals surface area contributed by atoms with E-state index in [1.807, 2.05) is 14.1 Å². The van der Waals surface area contributed by atoms with Gasteiger partial charge in [0.25, 0.3) is 0 Å². The van der Waals surface area contributed by atoms with Gasteiger partial charge in [-0.3, -0.25) is 9.69 Å². The maximum Gasteiger partial charge on any atom is 0.222 e. The summed E-state index contributed by atoms with van der Waals surface area (Å²) < 4.78 is 5.17. The highest BCUT2D eigenvalue weighted by atomic mass is 16.5. The fourth-order valence-electron chi connectivity index (χ4n) is 2.42. The molecule has 1 atom stereocenters. The third-order valence-corrected chi connectivity index (χ3v) is 3.62. The molecule has 0 bridgehead atoms. The van der Waals surface area contributed by atoms with Gasteiger partial charge in [-0.15, -0.1) is 0 Å². The molecule has 1 rings (SSSR count). The maximum absolute atomic E-state index is 11.6. The fraction of sp³-hybridized carbons (Fsp3) is 0.929. The van der Waals surface area contributed by atoms with Crippen molar-refractivity contribution >= 4 is 5.91 Å². The highest BCUT2D eigenvalue weighted by molar-refractivity contribution is 5.75. The van der Waals surface area contributed by atoms with Crippen LogP contribution >= 0.6 is 0 Å². The normalized spacial score (nSPS) is 19.1. The standard InChI is InChI=1S/C14H29N3O2/c1-16(2)14(18)7-5-9-17(10-11-19-3)12-13-6-4-8-15-13/h13,15H,4-12H2,1-3H3. The van der Waals surface area contributed by atoms with E-state index in [4.69, 9.17) is 4.74 Å². The molecule has 1 saturated heterocycles. The molecule has 5 nitrogen and oxygen atoms in total. The summed E-state index contributed by atoms with van der Waals surface area (Å²) in [6.07, 6.45) is 4.10. The fourth-order valence-corrected chi connectivity index (χ4v) is 2.42. The predicted octanol–water partition coefficient (Wildman–Crippen LogP) is 0.555. The molecule has 19 heavy (non-hydrogen) atoms. The minimum atomic E-state index is 0.214. The summed E-state index contributed by atoms with van der Waals surface area (Å²) in [6, 6.07) is 0.612. The Hall–Kier alpha value is -0.650. The van der Waals surface area contributed by atoms with Gasteiger partial charge in [0, 0.05) is 46.8 Å². The van der Waals surface area contributed by atoms with E-state index >= 15 is 0 Å². The summed E-state index contributed by atoms with van der Waals surface area (Å²) >= 11 is 0. The topological polar surface area (TPSA) is 44.8 Å². The maximum atomic E-state index is 11.6. The molecule has 1 aliphatic rings. The van der Waals surface area contributed by atoms with Gasteiger partial charge in [0.05, 0.1) is 6.61 Å². The summed E-state index contributed by atoms with van der Waals surface area (Å²) in [7, 11) is 5.36. The van der Waals surface area contributed by atoms with Crippen LogP contribution in [-0.4, -0.2) is 75.7 Å². The Bertz CT molecular complexity index is 253. The monoisotopic (exact) mass is 271 g/mol. The van der Waals surface area contributed by atoms with E-state index in [0.717, 1.165) is 39.2 Å². The lowest BCUT2D eigenvalue weighted by atomic mass is 10.2. The molecule has 5 heteroatoms. The smallest absolute Gasteiger partial charge is 0.222 e. The van der Waals surface area contributed by atoms with Gasteiger partial charge in [0.1, 0.15) is 0 Å². The van der Waals surface area contributed by atoms with E-state index in [9.17, 15) is 4.79 Å². The Balaban J connectivity index is 2.25. The molecule has 1 aliphatic heterocycles. The molecule has 0 aromatic heterocycles. The number of amides is 1. The van der Waals surface area contributed by atoms with Crippen molar-refractivity contribution in [3.8, 4) is 0 Å². The Labute approximate surface area is 117 Å². The second-order valence-electron chi connectivity index (χ2n) is 5.48. The summed E-state index contributed by atoms with van der Waals surface area (Å²) in [5, 5.41) is 3.52. The van der Waals surface area contributed by atoms with E-state index < -0.39 is 0 Å². The number of rotatable bonds is 9. The zero-order valence-corrected chi connectivity index (χ0v) is 12.7. The molecule has 1 N–H and O–H groups in total. The first-order valence-electron chi connectivity index (χ1n) is 7.28. The second kappa shape index (κ2) is 9.28. The first-order valence-corrected chi connectivity index (χ1v) is 7.28. The van der Waals surface area contributed by atoms with Crippen molar-refractivity contribution in [2.45, 2.75) is 31.7 Å². The van der Waals surface area contributed by atoms with Crippen LogP contribution in [0.1, 0.15) is 25.7 Å². The molecule has 1 unspecified atom stereocenters. The number of hydrogen-bond acceptors (Lipinski definition) is 4. The molecule has 1 fully saturated rings. The van der Waals surface area contributed by atoms with Gasteiger partial charge in [-0.05, 0) is 32.4 Å². The predicted molar refractivity (Wildman–Crippen MR) is 77.3 cm³/mol. The molecular formula is C14H29N3O2. The molecule has 112 valence electrons. The van der Waals surface area contributed by atoms with Gasteiger partial charge >= 0.3 is 0 Å². The quantitative estimate of drug-likeness (QED) is 0.665. The van der Waals surface area contributed by atoms with Crippen LogP contribution in [0.15, 0.2) is 0 Å². The van der Waals surface area contributed by atoms with Crippen molar-refractivity contribution in [3.63, 3.8) is 0 Å². The van der Waals surface area contributed by atoms with Crippen LogP contribution in [0.3, 0.4) is 0 Å².